The van der Waals surface area contributed by atoms with E-state index in [-0.39, 0.29) is 5.54 Å². The second kappa shape index (κ2) is 7.84. The molecule has 0 saturated heterocycles. The zero-order valence-electron chi connectivity index (χ0n) is 14.2. The van der Waals surface area contributed by atoms with Gasteiger partial charge in [-0.3, -0.25) is 4.90 Å². The fourth-order valence-electron chi connectivity index (χ4n) is 2.15. The van der Waals surface area contributed by atoms with Crippen LogP contribution in [0.5, 0.6) is 0 Å². The molecule has 1 heterocycles. The van der Waals surface area contributed by atoms with Gasteiger partial charge in [0.25, 0.3) is 0 Å². The standard InChI is InChI=1S/C17H32N2O/c1-7-9-10-19(8-2)13-16-11-15(14(3)20-16)12-18-17(4,5)6/h11,18H,7-10,12-13H2,1-6H3. The smallest absolute Gasteiger partial charge is 0.118 e. The Balaban J connectivity index is 2.59. The predicted octanol–water partition coefficient (Wildman–Crippen LogP) is 4.10. The largest absolute Gasteiger partial charge is 0.465 e. The maximum atomic E-state index is 5.91. The van der Waals surface area contributed by atoms with Crippen LogP contribution in [0.3, 0.4) is 0 Å². The van der Waals surface area contributed by atoms with Gasteiger partial charge in [0.1, 0.15) is 11.5 Å². The summed E-state index contributed by atoms with van der Waals surface area (Å²) in [4.78, 5) is 2.45. The van der Waals surface area contributed by atoms with E-state index in [9.17, 15) is 0 Å². The number of furan rings is 1. The average Bonchev–Trinajstić information content (AvgIpc) is 2.71. The molecule has 0 amide bonds. The summed E-state index contributed by atoms with van der Waals surface area (Å²) < 4.78 is 5.91. The number of hydrogen-bond donors (Lipinski definition) is 1. The molecule has 3 heteroatoms. The van der Waals surface area contributed by atoms with E-state index in [0.29, 0.717) is 0 Å². The zero-order chi connectivity index (χ0) is 15.2. The first-order chi connectivity index (χ1) is 9.35. The minimum atomic E-state index is 0.139. The lowest BCUT2D eigenvalue weighted by Crippen LogP contribution is -2.35. The molecular formula is C17H32N2O. The van der Waals surface area contributed by atoms with Gasteiger partial charge in [-0.1, -0.05) is 20.3 Å². The van der Waals surface area contributed by atoms with Gasteiger partial charge in [-0.05, 0) is 53.3 Å². The second-order valence-electron chi connectivity index (χ2n) is 6.62. The van der Waals surface area contributed by atoms with Gasteiger partial charge in [0, 0.05) is 17.6 Å². The summed E-state index contributed by atoms with van der Waals surface area (Å²) >= 11 is 0. The van der Waals surface area contributed by atoms with Crippen LogP contribution in [0.15, 0.2) is 10.5 Å². The maximum absolute atomic E-state index is 5.91. The number of unbranched alkanes of at least 4 members (excludes halogenated alkanes) is 1. The highest BCUT2D eigenvalue weighted by Crippen LogP contribution is 2.17. The Bertz CT molecular complexity index is 390. The molecule has 0 unspecified atom stereocenters. The minimum absolute atomic E-state index is 0.139. The van der Waals surface area contributed by atoms with Crippen LogP contribution in [0.1, 0.15) is 64.5 Å². The lowest BCUT2D eigenvalue weighted by atomic mass is 10.1. The topological polar surface area (TPSA) is 28.4 Å². The first-order valence-electron chi connectivity index (χ1n) is 7.91. The Hall–Kier alpha value is -0.800. The van der Waals surface area contributed by atoms with Crippen molar-refractivity contribution in [3.63, 3.8) is 0 Å². The third-order valence-corrected chi connectivity index (χ3v) is 3.54. The first-order valence-corrected chi connectivity index (χ1v) is 7.91. The molecule has 0 aliphatic carbocycles. The van der Waals surface area contributed by atoms with Crippen LogP contribution in [-0.4, -0.2) is 23.5 Å². The summed E-state index contributed by atoms with van der Waals surface area (Å²) in [6.07, 6.45) is 2.50. The highest BCUT2D eigenvalue weighted by molar-refractivity contribution is 5.21. The van der Waals surface area contributed by atoms with Crippen LogP contribution in [0, 0.1) is 6.92 Å². The molecule has 0 radical (unpaired) electrons. The van der Waals surface area contributed by atoms with E-state index in [1.165, 1.54) is 18.4 Å². The molecule has 1 aromatic heterocycles. The highest BCUT2D eigenvalue weighted by atomic mass is 16.3. The highest BCUT2D eigenvalue weighted by Gasteiger charge is 2.13. The van der Waals surface area contributed by atoms with Gasteiger partial charge in [0.2, 0.25) is 0 Å². The summed E-state index contributed by atoms with van der Waals surface area (Å²) in [5.74, 6) is 2.13. The molecular weight excluding hydrogens is 248 g/mol. The van der Waals surface area contributed by atoms with E-state index >= 15 is 0 Å². The van der Waals surface area contributed by atoms with Crippen LogP contribution in [-0.2, 0) is 13.1 Å². The fourth-order valence-corrected chi connectivity index (χ4v) is 2.15. The van der Waals surface area contributed by atoms with Crippen molar-refractivity contribution in [1.82, 2.24) is 10.2 Å². The summed E-state index contributed by atoms with van der Waals surface area (Å²) in [5.41, 5.74) is 1.42. The quantitative estimate of drug-likeness (QED) is 0.777. The van der Waals surface area contributed by atoms with Crippen molar-refractivity contribution in [2.24, 2.45) is 0 Å². The van der Waals surface area contributed by atoms with Crippen molar-refractivity contribution in [2.45, 2.75) is 73.0 Å². The van der Waals surface area contributed by atoms with E-state index in [1.54, 1.807) is 0 Å². The van der Waals surface area contributed by atoms with Crippen molar-refractivity contribution in [2.75, 3.05) is 13.1 Å². The Morgan fingerprint density at radius 3 is 2.50 bits per heavy atom. The summed E-state index contributed by atoms with van der Waals surface area (Å²) in [7, 11) is 0. The number of hydrogen-bond acceptors (Lipinski definition) is 3. The van der Waals surface area contributed by atoms with Gasteiger partial charge in [0.15, 0.2) is 0 Å². The number of nitrogens with zero attached hydrogens (tertiary/aromatic N) is 1. The van der Waals surface area contributed by atoms with E-state index in [0.717, 1.165) is 37.7 Å². The molecule has 1 N–H and O–H groups in total. The Labute approximate surface area is 124 Å². The van der Waals surface area contributed by atoms with Crippen LogP contribution in [0.2, 0.25) is 0 Å². The molecule has 0 saturated carbocycles. The molecule has 0 atom stereocenters. The third-order valence-electron chi connectivity index (χ3n) is 3.54. The van der Waals surface area contributed by atoms with Crippen LogP contribution < -0.4 is 5.32 Å². The third kappa shape index (κ3) is 6.10. The lowest BCUT2D eigenvalue weighted by Gasteiger charge is -2.20. The Morgan fingerprint density at radius 2 is 1.95 bits per heavy atom. The molecule has 0 aromatic carbocycles. The van der Waals surface area contributed by atoms with Crippen molar-refractivity contribution < 1.29 is 4.42 Å². The van der Waals surface area contributed by atoms with Gasteiger partial charge in [-0.15, -0.1) is 0 Å². The van der Waals surface area contributed by atoms with E-state index in [4.69, 9.17) is 4.42 Å². The van der Waals surface area contributed by atoms with Crippen LogP contribution >= 0.6 is 0 Å². The van der Waals surface area contributed by atoms with E-state index in [1.807, 2.05) is 0 Å². The maximum Gasteiger partial charge on any atom is 0.118 e. The van der Waals surface area contributed by atoms with Crippen molar-refractivity contribution >= 4 is 0 Å². The van der Waals surface area contributed by atoms with Gasteiger partial charge >= 0.3 is 0 Å². The lowest BCUT2D eigenvalue weighted by molar-refractivity contribution is 0.250. The molecule has 0 spiro atoms. The molecule has 0 fully saturated rings. The molecule has 1 aromatic rings. The van der Waals surface area contributed by atoms with E-state index in [2.05, 4.69) is 57.8 Å². The predicted molar refractivity (Wildman–Crippen MR) is 85.9 cm³/mol. The van der Waals surface area contributed by atoms with E-state index < -0.39 is 0 Å². The molecule has 20 heavy (non-hydrogen) atoms. The molecule has 0 bridgehead atoms. The second-order valence-corrected chi connectivity index (χ2v) is 6.62. The summed E-state index contributed by atoms with van der Waals surface area (Å²) in [5, 5.41) is 3.52. The van der Waals surface area contributed by atoms with Crippen LogP contribution in [0.4, 0.5) is 0 Å². The molecule has 116 valence electrons. The monoisotopic (exact) mass is 280 g/mol. The summed E-state index contributed by atoms with van der Waals surface area (Å²) in [6.45, 7) is 17.1. The molecule has 3 nitrogen and oxygen atoms in total. The van der Waals surface area contributed by atoms with Gasteiger partial charge in [0.05, 0.1) is 6.54 Å². The SMILES string of the molecule is CCCCN(CC)Cc1cc(CNC(C)(C)C)c(C)o1. The Kier molecular flexibility index (Phi) is 6.77. The van der Waals surface area contributed by atoms with Crippen molar-refractivity contribution in [3.8, 4) is 0 Å². The first kappa shape index (κ1) is 17.3. The molecule has 0 aliphatic rings. The summed E-state index contributed by atoms with van der Waals surface area (Å²) in [6, 6.07) is 2.21. The zero-order valence-corrected chi connectivity index (χ0v) is 14.2. The number of nitrogens with one attached hydrogen (secondary N) is 1. The molecule has 1 rings (SSSR count). The average molecular weight is 280 g/mol. The van der Waals surface area contributed by atoms with Gasteiger partial charge in [-0.25, -0.2) is 0 Å². The number of rotatable bonds is 8. The van der Waals surface area contributed by atoms with Gasteiger partial charge < -0.3 is 9.73 Å². The van der Waals surface area contributed by atoms with Gasteiger partial charge in [-0.2, -0.15) is 0 Å². The van der Waals surface area contributed by atoms with Crippen molar-refractivity contribution in [1.29, 1.82) is 0 Å². The fraction of sp³-hybridized carbons (Fsp3) is 0.765. The number of aryl methyl sites for hydroxylation is 1. The van der Waals surface area contributed by atoms with Crippen molar-refractivity contribution in [3.05, 3.63) is 23.2 Å². The normalized spacial score (nSPS) is 12.3. The van der Waals surface area contributed by atoms with Crippen LogP contribution in [0.25, 0.3) is 0 Å². The minimum Gasteiger partial charge on any atom is -0.465 e. The Morgan fingerprint density at radius 1 is 1.25 bits per heavy atom. The molecule has 0 aliphatic heterocycles.